The van der Waals surface area contributed by atoms with E-state index in [9.17, 15) is 0 Å². The van der Waals surface area contributed by atoms with Crippen LogP contribution in [0.2, 0.25) is 5.02 Å². The van der Waals surface area contributed by atoms with Gasteiger partial charge in [-0.15, -0.1) is 12.4 Å². The zero-order chi connectivity index (χ0) is 12.8. The van der Waals surface area contributed by atoms with Crippen molar-refractivity contribution in [2.45, 2.75) is 18.6 Å². The first-order valence-electron chi connectivity index (χ1n) is 5.88. The SMILES string of the molecule is Cl.[N-]=[N+]=NC[C@H]1CN[C@@H](Cc2ccc(Cl)cc2)CO1. The zero-order valence-corrected chi connectivity index (χ0v) is 11.9. The monoisotopic (exact) mass is 302 g/mol. The van der Waals surface area contributed by atoms with Crippen LogP contribution in [0.4, 0.5) is 0 Å². The van der Waals surface area contributed by atoms with E-state index in [4.69, 9.17) is 21.9 Å². The van der Waals surface area contributed by atoms with Gasteiger partial charge in [-0.2, -0.15) is 0 Å². The topological polar surface area (TPSA) is 70.0 Å². The first-order valence-corrected chi connectivity index (χ1v) is 6.26. The molecule has 0 aromatic heterocycles. The van der Waals surface area contributed by atoms with Crippen molar-refractivity contribution in [3.8, 4) is 0 Å². The molecule has 0 saturated carbocycles. The standard InChI is InChI=1S/C12H15ClN4O.ClH/c13-10-3-1-9(2-4-10)5-11-8-18-12(6-15-11)7-16-17-14;/h1-4,11-12,15H,5-8H2;1H/t11-,12+;/m0./s1. The van der Waals surface area contributed by atoms with E-state index >= 15 is 0 Å². The fourth-order valence-electron chi connectivity index (χ4n) is 1.95. The third-order valence-electron chi connectivity index (χ3n) is 2.91. The minimum Gasteiger partial charge on any atom is -0.375 e. The molecule has 0 amide bonds. The first kappa shape index (κ1) is 16.1. The summed E-state index contributed by atoms with van der Waals surface area (Å²) in [4.78, 5) is 2.73. The number of ether oxygens (including phenoxy) is 1. The molecule has 1 saturated heterocycles. The van der Waals surface area contributed by atoms with Crippen LogP contribution >= 0.6 is 24.0 Å². The van der Waals surface area contributed by atoms with E-state index in [2.05, 4.69) is 15.3 Å². The average Bonchev–Trinajstić information content (AvgIpc) is 2.41. The maximum absolute atomic E-state index is 8.24. The highest BCUT2D eigenvalue weighted by Gasteiger charge is 2.20. The van der Waals surface area contributed by atoms with E-state index < -0.39 is 0 Å². The van der Waals surface area contributed by atoms with Gasteiger partial charge in [0.15, 0.2) is 0 Å². The average molecular weight is 303 g/mol. The highest BCUT2D eigenvalue weighted by molar-refractivity contribution is 6.30. The molecule has 104 valence electrons. The van der Waals surface area contributed by atoms with Gasteiger partial charge in [-0.3, -0.25) is 0 Å². The number of morpholine rings is 1. The van der Waals surface area contributed by atoms with Gasteiger partial charge in [0.25, 0.3) is 0 Å². The Kier molecular flexibility index (Phi) is 6.99. The number of azide groups is 1. The fourth-order valence-corrected chi connectivity index (χ4v) is 2.08. The van der Waals surface area contributed by atoms with Crippen LogP contribution in [0.1, 0.15) is 5.56 Å². The van der Waals surface area contributed by atoms with Crippen LogP contribution in [0.15, 0.2) is 29.4 Å². The third kappa shape index (κ3) is 5.27. The fraction of sp³-hybridized carbons (Fsp3) is 0.500. The Morgan fingerprint density at radius 1 is 1.42 bits per heavy atom. The van der Waals surface area contributed by atoms with E-state index in [1.807, 2.05) is 24.3 Å². The minimum absolute atomic E-state index is 0. The minimum atomic E-state index is -0.0117. The molecule has 0 radical (unpaired) electrons. The molecule has 1 aromatic rings. The Morgan fingerprint density at radius 2 is 2.16 bits per heavy atom. The molecule has 2 rings (SSSR count). The van der Waals surface area contributed by atoms with Crippen molar-refractivity contribution in [3.05, 3.63) is 45.3 Å². The van der Waals surface area contributed by atoms with Crippen LogP contribution in [0.25, 0.3) is 10.4 Å². The molecule has 1 aromatic carbocycles. The molecule has 0 aliphatic carbocycles. The molecule has 0 bridgehead atoms. The van der Waals surface area contributed by atoms with Crippen LogP contribution in [-0.4, -0.2) is 31.8 Å². The summed E-state index contributed by atoms with van der Waals surface area (Å²) in [7, 11) is 0. The van der Waals surface area contributed by atoms with Crippen molar-refractivity contribution < 1.29 is 4.74 Å². The van der Waals surface area contributed by atoms with Gasteiger partial charge in [0.1, 0.15) is 0 Å². The zero-order valence-electron chi connectivity index (χ0n) is 10.3. The highest BCUT2D eigenvalue weighted by Crippen LogP contribution is 2.13. The number of nitrogens with zero attached hydrogens (tertiary/aromatic N) is 3. The molecule has 1 aliphatic rings. The first-order chi connectivity index (χ1) is 8.78. The van der Waals surface area contributed by atoms with Crippen LogP contribution < -0.4 is 5.32 Å². The Labute approximate surface area is 123 Å². The summed E-state index contributed by atoms with van der Waals surface area (Å²) in [5.41, 5.74) is 9.47. The van der Waals surface area contributed by atoms with Crippen LogP contribution in [-0.2, 0) is 11.2 Å². The summed E-state index contributed by atoms with van der Waals surface area (Å²) in [5, 5.41) is 7.67. The van der Waals surface area contributed by atoms with Crippen molar-refractivity contribution in [3.63, 3.8) is 0 Å². The van der Waals surface area contributed by atoms with Gasteiger partial charge in [0.05, 0.1) is 19.3 Å². The maximum atomic E-state index is 8.24. The summed E-state index contributed by atoms with van der Waals surface area (Å²) in [5.74, 6) is 0. The molecule has 1 N–H and O–H groups in total. The Balaban J connectivity index is 0.00000180. The number of halogens is 2. The summed E-state index contributed by atoms with van der Waals surface area (Å²) in [6.07, 6.45) is 0.896. The molecule has 7 heteroatoms. The van der Waals surface area contributed by atoms with Gasteiger partial charge in [0, 0.05) is 22.5 Å². The lowest BCUT2D eigenvalue weighted by Crippen LogP contribution is -2.48. The molecular weight excluding hydrogens is 287 g/mol. The molecule has 1 heterocycles. The van der Waals surface area contributed by atoms with Crippen molar-refractivity contribution >= 4 is 24.0 Å². The number of nitrogens with one attached hydrogen (secondary N) is 1. The van der Waals surface area contributed by atoms with Crippen LogP contribution in [0.5, 0.6) is 0 Å². The Morgan fingerprint density at radius 3 is 2.74 bits per heavy atom. The molecule has 5 nitrogen and oxygen atoms in total. The molecule has 2 atom stereocenters. The lowest BCUT2D eigenvalue weighted by atomic mass is 10.1. The van der Waals surface area contributed by atoms with Crippen molar-refractivity contribution in [2.24, 2.45) is 5.11 Å². The largest absolute Gasteiger partial charge is 0.375 e. The van der Waals surface area contributed by atoms with E-state index in [1.54, 1.807) is 0 Å². The number of hydrogen-bond acceptors (Lipinski definition) is 3. The smallest absolute Gasteiger partial charge is 0.0756 e. The van der Waals surface area contributed by atoms with Crippen LogP contribution in [0.3, 0.4) is 0 Å². The maximum Gasteiger partial charge on any atom is 0.0756 e. The normalized spacial score (nSPS) is 22.2. The number of hydrogen-bond donors (Lipinski definition) is 1. The van der Waals surface area contributed by atoms with Gasteiger partial charge in [0.2, 0.25) is 0 Å². The summed E-state index contributed by atoms with van der Waals surface area (Å²) in [6, 6.07) is 8.14. The van der Waals surface area contributed by atoms with Gasteiger partial charge >= 0.3 is 0 Å². The summed E-state index contributed by atoms with van der Waals surface area (Å²) in [6.45, 7) is 1.74. The predicted octanol–water partition coefficient (Wildman–Crippen LogP) is 2.97. The highest BCUT2D eigenvalue weighted by atomic mass is 35.5. The van der Waals surface area contributed by atoms with Crippen molar-refractivity contribution in [1.29, 1.82) is 0 Å². The van der Waals surface area contributed by atoms with E-state index in [0.717, 1.165) is 18.0 Å². The lowest BCUT2D eigenvalue weighted by molar-refractivity contribution is 0.00997. The Bertz CT molecular complexity index is 426. The second-order valence-electron chi connectivity index (χ2n) is 4.30. The molecule has 0 unspecified atom stereocenters. The quantitative estimate of drug-likeness (QED) is 0.528. The third-order valence-corrected chi connectivity index (χ3v) is 3.16. The van der Waals surface area contributed by atoms with E-state index in [-0.39, 0.29) is 18.5 Å². The van der Waals surface area contributed by atoms with Crippen LogP contribution in [0, 0.1) is 0 Å². The van der Waals surface area contributed by atoms with Gasteiger partial charge < -0.3 is 10.1 Å². The molecule has 1 fully saturated rings. The van der Waals surface area contributed by atoms with Crippen molar-refractivity contribution in [1.82, 2.24) is 5.32 Å². The second-order valence-corrected chi connectivity index (χ2v) is 4.74. The lowest BCUT2D eigenvalue weighted by Gasteiger charge is -2.29. The predicted molar refractivity (Wildman–Crippen MR) is 77.9 cm³/mol. The van der Waals surface area contributed by atoms with E-state index in [0.29, 0.717) is 19.2 Å². The van der Waals surface area contributed by atoms with Gasteiger partial charge in [-0.05, 0) is 29.6 Å². The summed E-state index contributed by atoms with van der Waals surface area (Å²) >= 11 is 5.84. The van der Waals surface area contributed by atoms with Gasteiger partial charge in [-0.1, -0.05) is 28.8 Å². The molecule has 19 heavy (non-hydrogen) atoms. The molecular formula is C12H16Cl2N4O. The summed E-state index contributed by atoms with van der Waals surface area (Å²) < 4.78 is 5.64. The second kappa shape index (κ2) is 8.25. The number of rotatable bonds is 4. The van der Waals surface area contributed by atoms with Gasteiger partial charge in [-0.25, -0.2) is 0 Å². The Hall–Kier alpha value is -0.970. The van der Waals surface area contributed by atoms with E-state index in [1.165, 1.54) is 5.56 Å². The molecule has 1 aliphatic heterocycles. The number of benzene rings is 1. The van der Waals surface area contributed by atoms with Crippen molar-refractivity contribution in [2.75, 3.05) is 19.7 Å². The molecule has 0 spiro atoms.